The Hall–Kier alpha value is -1.10. The van der Waals surface area contributed by atoms with E-state index in [9.17, 15) is 0 Å². The normalized spacial score (nSPS) is 11.2. The van der Waals surface area contributed by atoms with E-state index in [0.717, 1.165) is 19.6 Å². The lowest BCUT2D eigenvalue weighted by Crippen LogP contribution is -2.17. The second-order valence-corrected chi connectivity index (χ2v) is 5.61. The molecule has 0 aliphatic carbocycles. The first-order chi connectivity index (χ1) is 9.19. The van der Waals surface area contributed by atoms with Gasteiger partial charge in [0, 0.05) is 29.7 Å². The number of rotatable bonds is 6. The molecule has 1 aromatic heterocycles. The van der Waals surface area contributed by atoms with Gasteiger partial charge in [0.05, 0.1) is 12.5 Å². The largest absolute Gasteiger partial charge is 0.472 e. The van der Waals surface area contributed by atoms with E-state index in [4.69, 9.17) is 4.42 Å². The molecule has 0 amide bonds. The number of benzene rings is 1. The summed E-state index contributed by atoms with van der Waals surface area (Å²) in [6, 6.07) is 8.53. The summed E-state index contributed by atoms with van der Waals surface area (Å²) < 4.78 is 6.26. The molecule has 102 valence electrons. The molecule has 1 aromatic carbocycles. The quantitative estimate of drug-likeness (QED) is 0.883. The molecule has 1 N–H and O–H groups in total. The predicted molar refractivity (Wildman–Crippen MR) is 80.8 cm³/mol. The highest BCUT2D eigenvalue weighted by molar-refractivity contribution is 9.10. The Morgan fingerprint density at radius 3 is 2.68 bits per heavy atom. The van der Waals surface area contributed by atoms with Crippen molar-refractivity contribution in [3.63, 3.8) is 0 Å². The summed E-state index contributed by atoms with van der Waals surface area (Å²) in [5.74, 6) is 0. The van der Waals surface area contributed by atoms with E-state index in [0.29, 0.717) is 0 Å². The zero-order chi connectivity index (χ0) is 13.7. The highest BCUT2D eigenvalue weighted by atomic mass is 79.9. The van der Waals surface area contributed by atoms with Gasteiger partial charge in [0.15, 0.2) is 0 Å². The van der Waals surface area contributed by atoms with Crippen molar-refractivity contribution in [3.05, 3.63) is 58.0 Å². The van der Waals surface area contributed by atoms with E-state index in [1.807, 2.05) is 13.1 Å². The summed E-state index contributed by atoms with van der Waals surface area (Å²) in [7, 11) is 4.07. The summed E-state index contributed by atoms with van der Waals surface area (Å²) in [6.07, 6.45) is 3.51. The third-order valence-corrected chi connectivity index (χ3v) is 3.71. The van der Waals surface area contributed by atoms with Crippen molar-refractivity contribution >= 4 is 15.9 Å². The van der Waals surface area contributed by atoms with E-state index in [1.165, 1.54) is 21.2 Å². The first-order valence-electron chi connectivity index (χ1n) is 6.30. The van der Waals surface area contributed by atoms with Gasteiger partial charge in [-0.3, -0.25) is 4.90 Å². The molecule has 2 rings (SSSR count). The van der Waals surface area contributed by atoms with Crippen LogP contribution in [0.15, 0.2) is 45.7 Å². The predicted octanol–water partition coefficient (Wildman–Crippen LogP) is 3.39. The number of nitrogens with one attached hydrogen (secondary N) is 1. The van der Waals surface area contributed by atoms with Crippen LogP contribution < -0.4 is 5.32 Å². The Bertz CT molecular complexity index is 511. The van der Waals surface area contributed by atoms with Crippen LogP contribution in [0.3, 0.4) is 0 Å². The van der Waals surface area contributed by atoms with Crippen LogP contribution in [0.4, 0.5) is 0 Å². The van der Waals surface area contributed by atoms with Gasteiger partial charge in [0.25, 0.3) is 0 Å². The van der Waals surface area contributed by atoms with Gasteiger partial charge in [0.2, 0.25) is 0 Å². The highest BCUT2D eigenvalue weighted by Crippen LogP contribution is 2.20. The Kier molecular flexibility index (Phi) is 5.19. The molecule has 0 unspecified atom stereocenters. The first-order valence-corrected chi connectivity index (χ1v) is 7.10. The van der Waals surface area contributed by atoms with E-state index in [1.54, 1.807) is 12.5 Å². The van der Waals surface area contributed by atoms with Gasteiger partial charge in [-0.1, -0.05) is 28.1 Å². The molecule has 1 heterocycles. The van der Waals surface area contributed by atoms with Gasteiger partial charge in [-0.2, -0.15) is 0 Å². The van der Waals surface area contributed by atoms with Crippen LogP contribution in [0.25, 0.3) is 0 Å². The zero-order valence-electron chi connectivity index (χ0n) is 11.3. The fraction of sp³-hybridized carbons (Fsp3) is 0.333. The molecule has 0 saturated carbocycles. The van der Waals surface area contributed by atoms with Crippen molar-refractivity contribution in [1.82, 2.24) is 10.2 Å². The monoisotopic (exact) mass is 322 g/mol. The smallest absolute Gasteiger partial charge is 0.0947 e. The average Bonchev–Trinajstić information content (AvgIpc) is 2.86. The SMILES string of the molecule is CNCc1ccc(CN(C)Cc2ccoc2)c(Br)c1. The molecular formula is C15H19BrN2O. The molecule has 0 spiro atoms. The van der Waals surface area contributed by atoms with Crippen molar-refractivity contribution in [1.29, 1.82) is 0 Å². The van der Waals surface area contributed by atoms with Gasteiger partial charge in [-0.25, -0.2) is 0 Å². The van der Waals surface area contributed by atoms with E-state index < -0.39 is 0 Å². The third kappa shape index (κ3) is 4.20. The summed E-state index contributed by atoms with van der Waals surface area (Å²) in [6.45, 7) is 2.69. The van der Waals surface area contributed by atoms with Crippen molar-refractivity contribution in [2.24, 2.45) is 0 Å². The van der Waals surface area contributed by atoms with Crippen LogP contribution in [-0.2, 0) is 19.6 Å². The van der Waals surface area contributed by atoms with Crippen molar-refractivity contribution in [2.75, 3.05) is 14.1 Å². The van der Waals surface area contributed by atoms with Gasteiger partial charge >= 0.3 is 0 Å². The van der Waals surface area contributed by atoms with E-state index in [-0.39, 0.29) is 0 Å². The lowest BCUT2D eigenvalue weighted by molar-refractivity contribution is 0.317. The van der Waals surface area contributed by atoms with Gasteiger partial charge in [0.1, 0.15) is 0 Å². The maximum absolute atomic E-state index is 5.09. The minimum Gasteiger partial charge on any atom is -0.472 e. The zero-order valence-corrected chi connectivity index (χ0v) is 12.9. The lowest BCUT2D eigenvalue weighted by Gasteiger charge is -2.17. The molecule has 0 saturated heterocycles. The van der Waals surface area contributed by atoms with Gasteiger partial charge in [-0.05, 0) is 37.4 Å². The maximum Gasteiger partial charge on any atom is 0.0947 e. The number of hydrogen-bond acceptors (Lipinski definition) is 3. The number of hydrogen-bond donors (Lipinski definition) is 1. The number of nitrogens with zero attached hydrogens (tertiary/aromatic N) is 1. The fourth-order valence-corrected chi connectivity index (χ4v) is 2.63. The summed E-state index contributed by atoms with van der Waals surface area (Å²) in [5, 5.41) is 3.16. The van der Waals surface area contributed by atoms with Crippen molar-refractivity contribution in [3.8, 4) is 0 Å². The van der Waals surface area contributed by atoms with Crippen LogP contribution in [0, 0.1) is 0 Å². The van der Waals surface area contributed by atoms with Gasteiger partial charge in [-0.15, -0.1) is 0 Å². The van der Waals surface area contributed by atoms with E-state index >= 15 is 0 Å². The molecule has 0 atom stereocenters. The summed E-state index contributed by atoms with van der Waals surface area (Å²) in [5.41, 5.74) is 3.78. The number of halogens is 1. The summed E-state index contributed by atoms with van der Waals surface area (Å²) >= 11 is 3.65. The molecule has 4 heteroatoms. The Morgan fingerprint density at radius 2 is 2.05 bits per heavy atom. The molecule has 0 aliphatic heterocycles. The van der Waals surface area contributed by atoms with Crippen molar-refractivity contribution < 1.29 is 4.42 Å². The van der Waals surface area contributed by atoms with Crippen LogP contribution >= 0.6 is 15.9 Å². The molecule has 19 heavy (non-hydrogen) atoms. The Morgan fingerprint density at radius 1 is 1.21 bits per heavy atom. The Labute approximate surface area is 122 Å². The standard InChI is InChI=1S/C15H19BrN2O/c1-17-8-12-3-4-14(15(16)7-12)10-18(2)9-13-5-6-19-11-13/h3-7,11,17H,8-10H2,1-2H3. The molecule has 0 radical (unpaired) electrons. The highest BCUT2D eigenvalue weighted by Gasteiger charge is 2.06. The maximum atomic E-state index is 5.09. The molecule has 3 nitrogen and oxygen atoms in total. The minimum atomic E-state index is 0.890. The molecular weight excluding hydrogens is 304 g/mol. The van der Waals surface area contributed by atoms with Crippen LogP contribution in [0.1, 0.15) is 16.7 Å². The fourth-order valence-electron chi connectivity index (χ4n) is 2.07. The summed E-state index contributed by atoms with van der Waals surface area (Å²) in [4.78, 5) is 2.27. The van der Waals surface area contributed by atoms with E-state index in [2.05, 4.69) is 51.4 Å². The third-order valence-electron chi connectivity index (χ3n) is 2.97. The number of furan rings is 1. The molecule has 2 aromatic rings. The van der Waals surface area contributed by atoms with Crippen LogP contribution in [-0.4, -0.2) is 19.0 Å². The Balaban J connectivity index is 1.98. The molecule has 0 aliphatic rings. The molecule has 0 fully saturated rings. The lowest BCUT2D eigenvalue weighted by atomic mass is 10.1. The van der Waals surface area contributed by atoms with Crippen LogP contribution in [0.5, 0.6) is 0 Å². The molecule has 0 bridgehead atoms. The van der Waals surface area contributed by atoms with Gasteiger partial charge < -0.3 is 9.73 Å². The second-order valence-electron chi connectivity index (χ2n) is 4.76. The first kappa shape index (κ1) is 14.3. The van der Waals surface area contributed by atoms with Crippen LogP contribution in [0.2, 0.25) is 0 Å². The average molecular weight is 323 g/mol. The van der Waals surface area contributed by atoms with Crippen molar-refractivity contribution in [2.45, 2.75) is 19.6 Å². The second kappa shape index (κ2) is 6.89. The topological polar surface area (TPSA) is 28.4 Å². The minimum absolute atomic E-state index is 0.890.